The van der Waals surface area contributed by atoms with Gasteiger partial charge in [-0.1, -0.05) is 78.0 Å². The smallest absolute Gasteiger partial charge is 0.240 e. The zero-order valence-corrected chi connectivity index (χ0v) is 19.3. The molecule has 0 bridgehead atoms. The fourth-order valence-corrected chi connectivity index (χ4v) is 4.85. The van der Waals surface area contributed by atoms with Crippen LogP contribution in [0.3, 0.4) is 0 Å². The maximum absolute atomic E-state index is 12.4. The molecule has 4 aromatic carbocycles. The van der Waals surface area contributed by atoms with Crippen molar-refractivity contribution in [2.75, 3.05) is 5.32 Å². The number of amidine groups is 1. The highest BCUT2D eigenvalue weighted by atomic mass is 32.2. The van der Waals surface area contributed by atoms with Crippen LogP contribution in [0, 0.1) is 6.92 Å². The zero-order chi connectivity index (χ0) is 23.5. The minimum atomic E-state index is -0.544. The lowest BCUT2D eigenvalue weighted by atomic mass is 9.97. The second-order valence-corrected chi connectivity index (χ2v) is 9.29. The van der Waals surface area contributed by atoms with E-state index in [1.165, 1.54) is 11.8 Å². The van der Waals surface area contributed by atoms with Crippen molar-refractivity contribution >= 4 is 62.2 Å². The van der Waals surface area contributed by atoms with Gasteiger partial charge in [-0.3, -0.25) is 9.59 Å². The molecule has 1 atom stereocenters. The number of rotatable bonds is 5. The summed E-state index contributed by atoms with van der Waals surface area (Å²) in [7, 11) is 0. The maximum Gasteiger partial charge on any atom is 0.240 e. The Hall–Kier alpha value is -3.97. The van der Waals surface area contributed by atoms with Crippen molar-refractivity contribution in [2.45, 2.75) is 18.6 Å². The molecule has 1 aliphatic heterocycles. The highest BCUT2D eigenvalue weighted by molar-refractivity contribution is 8.15. The van der Waals surface area contributed by atoms with Crippen LogP contribution in [0.5, 0.6) is 0 Å². The normalized spacial score (nSPS) is 17.0. The van der Waals surface area contributed by atoms with Crippen LogP contribution in [-0.4, -0.2) is 28.4 Å². The Morgan fingerprint density at radius 1 is 1.00 bits per heavy atom. The molecule has 1 aliphatic rings. The lowest BCUT2D eigenvalue weighted by Gasteiger charge is -2.07. The van der Waals surface area contributed by atoms with Gasteiger partial charge in [0.1, 0.15) is 5.25 Å². The topological polar surface area (TPSA) is 82.9 Å². The van der Waals surface area contributed by atoms with Gasteiger partial charge in [-0.15, -0.1) is 5.10 Å². The summed E-state index contributed by atoms with van der Waals surface area (Å²) >= 11 is 1.22. The first-order valence-electron chi connectivity index (χ1n) is 10.9. The summed E-state index contributed by atoms with van der Waals surface area (Å²) in [6.45, 7) is 1.98. The first-order chi connectivity index (χ1) is 16.6. The molecule has 168 valence electrons. The Morgan fingerprint density at radius 2 is 1.65 bits per heavy atom. The van der Waals surface area contributed by atoms with Crippen LogP contribution < -0.4 is 10.6 Å². The van der Waals surface area contributed by atoms with Crippen LogP contribution in [0.1, 0.15) is 17.5 Å². The summed E-state index contributed by atoms with van der Waals surface area (Å²) in [5.74, 6) is -0.461. The van der Waals surface area contributed by atoms with Gasteiger partial charge in [0.05, 0.1) is 6.21 Å². The van der Waals surface area contributed by atoms with Gasteiger partial charge in [0, 0.05) is 17.7 Å². The van der Waals surface area contributed by atoms with E-state index in [-0.39, 0.29) is 18.2 Å². The minimum absolute atomic E-state index is 0.0566. The molecule has 34 heavy (non-hydrogen) atoms. The summed E-state index contributed by atoms with van der Waals surface area (Å²) < 4.78 is 0. The summed E-state index contributed by atoms with van der Waals surface area (Å²) in [5.41, 5.74) is 2.79. The molecule has 4 aromatic rings. The van der Waals surface area contributed by atoms with E-state index < -0.39 is 5.25 Å². The van der Waals surface area contributed by atoms with Crippen molar-refractivity contribution in [3.8, 4) is 0 Å². The molecule has 0 saturated carbocycles. The number of nitrogens with one attached hydrogen (secondary N) is 2. The second kappa shape index (κ2) is 9.49. The lowest BCUT2D eigenvalue weighted by molar-refractivity contribution is -0.122. The predicted octanol–water partition coefficient (Wildman–Crippen LogP) is 5.25. The number of benzene rings is 4. The zero-order valence-electron chi connectivity index (χ0n) is 18.5. The summed E-state index contributed by atoms with van der Waals surface area (Å²) in [6.07, 6.45) is 1.78. The molecule has 1 fully saturated rings. The average Bonchev–Trinajstić information content (AvgIpc) is 3.18. The third-order valence-electron chi connectivity index (χ3n) is 5.63. The molecule has 2 N–H and O–H groups in total. The highest BCUT2D eigenvalue weighted by Crippen LogP contribution is 2.28. The van der Waals surface area contributed by atoms with E-state index in [1.807, 2.05) is 55.5 Å². The number of carbonyl (C=O) groups excluding carboxylic acids is 2. The molecular weight excluding hydrogens is 444 g/mol. The van der Waals surface area contributed by atoms with E-state index in [9.17, 15) is 9.59 Å². The Bertz CT molecular complexity index is 1410. The third-order valence-corrected chi connectivity index (χ3v) is 6.70. The number of nitrogens with zero attached hydrogens (tertiary/aromatic N) is 2. The molecule has 1 saturated heterocycles. The third kappa shape index (κ3) is 4.70. The first kappa shape index (κ1) is 21.9. The molecule has 7 heteroatoms. The number of carbonyl (C=O) groups is 2. The van der Waals surface area contributed by atoms with Gasteiger partial charge >= 0.3 is 0 Å². The van der Waals surface area contributed by atoms with Gasteiger partial charge in [0.15, 0.2) is 5.17 Å². The van der Waals surface area contributed by atoms with Crippen LogP contribution in [-0.2, 0) is 9.59 Å². The Kier molecular flexibility index (Phi) is 6.10. The summed E-state index contributed by atoms with van der Waals surface area (Å²) in [4.78, 5) is 24.7. The van der Waals surface area contributed by atoms with Crippen LogP contribution in [0.2, 0.25) is 0 Å². The van der Waals surface area contributed by atoms with Crippen molar-refractivity contribution in [1.82, 2.24) is 5.32 Å². The quantitative estimate of drug-likeness (QED) is 0.239. The molecule has 6 nitrogen and oxygen atoms in total. The molecule has 0 aromatic heterocycles. The Labute approximate surface area is 201 Å². The van der Waals surface area contributed by atoms with Crippen molar-refractivity contribution in [2.24, 2.45) is 10.2 Å². The second-order valence-electron chi connectivity index (χ2n) is 8.10. The molecule has 2 amide bonds. The Morgan fingerprint density at radius 3 is 2.32 bits per heavy atom. The number of fused-ring (bicyclic) bond motifs is 2. The number of thioether (sulfide) groups is 1. The first-order valence-corrected chi connectivity index (χ1v) is 11.8. The molecule has 0 radical (unpaired) electrons. The maximum atomic E-state index is 12.4. The fourth-order valence-electron chi connectivity index (χ4n) is 3.93. The molecule has 0 aliphatic carbocycles. The summed E-state index contributed by atoms with van der Waals surface area (Å²) in [6, 6.07) is 26.0. The molecular formula is C27H22N4O2S. The fraction of sp³-hybridized carbons (Fsp3) is 0.111. The van der Waals surface area contributed by atoms with E-state index in [0.717, 1.165) is 32.7 Å². The van der Waals surface area contributed by atoms with Crippen molar-refractivity contribution < 1.29 is 9.59 Å². The molecule has 1 heterocycles. The lowest BCUT2D eigenvalue weighted by Crippen LogP contribution is -2.28. The number of anilines is 1. The number of amides is 2. The van der Waals surface area contributed by atoms with Gasteiger partial charge in [0.25, 0.3) is 0 Å². The van der Waals surface area contributed by atoms with E-state index in [0.29, 0.717) is 10.9 Å². The van der Waals surface area contributed by atoms with Crippen LogP contribution >= 0.6 is 11.8 Å². The monoisotopic (exact) mass is 466 g/mol. The van der Waals surface area contributed by atoms with E-state index in [1.54, 1.807) is 6.21 Å². The molecule has 5 rings (SSSR count). The van der Waals surface area contributed by atoms with Crippen LogP contribution in [0.15, 0.2) is 89.1 Å². The van der Waals surface area contributed by atoms with E-state index >= 15 is 0 Å². The van der Waals surface area contributed by atoms with Gasteiger partial charge in [0.2, 0.25) is 11.8 Å². The van der Waals surface area contributed by atoms with E-state index in [2.05, 4.69) is 51.2 Å². The van der Waals surface area contributed by atoms with Gasteiger partial charge < -0.3 is 10.6 Å². The largest absolute Gasteiger partial charge is 0.326 e. The Balaban J connectivity index is 1.31. The highest BCUT2D eigenvalue weighted by Gasteiger charge is 2.32. The molecule has 0 spiro atoms. The molecule has 1 unspecified atom stereocenters. The SMILES string of the molecule is Cc1ccc(NC(=O)CC2S/C(=N/N=C/c3c4ccccc4cc4ccccc34)NC2=O)cc1. The van der Waals surface area contributed by atoms with E-state index in [4.69, 9.17) is 0 Å². The van der Waals surface area contributed by atoms with Gasteiger partial charge in [-0.2, -0.15) is 5.10 Å². The predicted molar refractivity (Wildman–Crippen MR) is 140 cm³/mol. The van der Waals surface area contributed by atoms with Crippen molar-refractivity contribution in [3.63, 3.8) is 0 Å². The average molecular weight is 467 g/mol. The number of hydrogen-bond donors (Lipinski definition) is 2. The van der Waals surface area contributed by atoms with Gasteiger partial charge in [-0.05, 0) is 46.7 Å². The van der Waals surface area contributed by atoms with Crippen LogP contribution in [0.4, 0.5) is 5.69 Å². The van der Waals surface area contributed by atoms with Crippen molar-refractivity contribution in [3.05, 3.63) is 90.0 Å². The number of aryl methyl sites for hydroxylation is 1. The summed E-state index contributed by atoms with van der Waals surface area (Å²) in [5, 5.41) is 18.3. The number of hydrogen-bond acceptors (Lipinski definition) is 5. The standard InChI is InChI=1S/C27H22N4O2S/c1-17-10-12-20(13-11-17)29-25(32)15-24-26(33)30-27(34-24)31-28-16-23-21-8-4-2-6-18(21)14-19-7-3-5-9-22(19)23/h2-14,16,24H,15H2,1H3,(H,29,32)(H,30,31,33)/b28-16+. The van der Waals surface area contributed by atoms with Crippen LogP contribution in [0.25, 0.3) is 21.5 Å². The van der Waals surface area contributed by atoms with Gasteiger partial charge in [-0.25, -0.2) is 0 Å². The minimum Gasteiger partial charge on any atom is -0.326 e. The van der Waals surface area contributed by atoms with Crippen molar-refractivity contribution in [1.29, 1.82) is 0 Å².